The normalized spacial score (nSPS) is 10.2. The molecule has 0 heterocycles. The maximum atomic E-state index is 11.7. The fraction of sp³-hybridized carbons (Fsp3) is 0.462. The molecule has 0 spiro atoms. The van der Waals surface area contributed by atoms with Gasteiger partial charge in [0.25, 0.3) is 5.91 Å². The Hall–Kier alpha value is -1.07. The van der Waals surface area contributed by atoms with Crippen LogP contribution in [0.15, 0.2) is 22.7 Å². The van der Waals surface area contributed by atoms with Crippen molar-refractivity contribution in [3.63, 3.8) is 0 Å². The number of carbonyl (C=O) groups excluding carboxylic acids is 1. The van der Waals surface area contributed by atoms with Crippen LogP contribution in [-0.4, -0.2) is 37.6 Å². The van der Waals surface area contributed by atoms with Gasteiger partial charge in [0.1, 0.15) is 5.75 Å². The SMILES string of the molecule is CCN(C)C(=O)COc1ccc(Br)cc1CCN. The lowest BCUT2D eigenvalue weighted by Gasteiger charge is -2.16. The second-order valence-corrected chi connectivity index (χ2v) is 4.90. The summed E-state index contributed by atoms with van der Waals surface area (Å²) in [4.78, 5) is 13.3. The molecule has 100 valence electrons. The minimum absolute atomic E-state index is 0.0286. The van der Waals surface area contributed by atoms with Crippen molar-refractivity contribution >= 4 is 21.8 Å². The van der Waals surface area contributed by atoms with Crippen molar-refractivity contribution in [2.24, 2.45) is 5.73 Å². The Balaban J connectivity index is 2.69. The second kappa shape index (κ2) is 7.38. The van der Waals surface area contributed by atoms with E-state index in [9.17, 15) is 4.79 Å². The zero-order chi connectivity index (χ0) is 13.5. The number of rotatable bonds is 6. The maximum absolute atomic E-state index is 11.7. The largest absolute Gasteiger partial charge is 0.483 e. The third-order valence-electron chi connectivity index (χ3n) is 2.69. The number of halogens is 1. The molecule has 2 N–H and O–H groups in total. The van der Waals surface area contributed by atoms with E-state index in [4.69, 9.17) is 10.5 Å². The molecule has 0 unspecified atom stereocenters. The van der Waals surface area contributed by atoms with Gasteiger partial charge in [0, 0.05) is 18.1 Å². The molecule has 4 nitrogen and oxygen atoms in total. The minimum atomic E-state index is -0.0286. The Bertz CT molecular complexity index is 410. The van der Waals surface area contributed by atoms with E-state index in [1.165, 1.54) is 0 Å². The lowest BCUT2D eigenvalue weighted by atomic mass is 10.1. The van der Waals surface area contributed by atoms with E-state index < -0.39 is 0 Å². The Morgan fingerprint density at radius 1 is 1.50 bits per heavy atom. The van der Waals surface area contributed by atoms with E-state index in [1.54, 1.807) is 11.9 Å². The van der Waals surface area contributed by atoms with Gasteiger partial charge in [-0.15, -0.1) is 0 Å². The monoisotopic (exact) mass is 314 g/mol. The molecule has 0 radical (unpaired) electrons. The number of likely N-dealkylation sites (N-methyl/N-ethyl adjacent to an activating group) is 1. The Kier molecular flexibility index (Phi) is 6.15. The fourth-order valence-electron chi connectivity index (χ4n) is 1.47. The summed E-state index contributed by atoms with van der Waals surface area (Å²) in [6.45, 7) is 3.22. The smallest absolute Gasteiger partial charge is 0.260 e. The number of carbonyl (C=O) groups is 1. The molecule has 0 fully saturated rings. The van der Waals surface area contributed by atoms with Gasteiger partial charge in [-0.05, 0) is 43.7 Å². The maximum Gasteiger partial charge on any atom is 0.260 e. The predicted octanol–water partition coefficient (Wildman–Crippen LogP) is 1.81. The summed E-state index contributed by atoms with van der Waals surface area (Å²) in [6, 6.07) is 5.72. The van der Waals surface area contributed by atoms with E-state index in [-0.39, 0.29) is 12.5 Å². The number of amides is 1. The molecule has 0 aliphatic heterocycles. The van der Waals surface area contributed by atoms with Gasteiger partial charge in [-0.25, -0.2) is 0 Å². The lowest BCUT2D eigenvalue weighted by Crippen LogP contribution is -2.31. The topological polar surface area (TPSA) is 55.6 Å². The molecule has 0 bridgehead atoms. The van der Waals surface area contributed by atoms with Crippen LogP contribution < -0.4 is 10.5 Å². The first kappa shape index (κ1) is 15.0. The molecule has 0 saturated heterocycles. The molecule has 1 aromatic rings. The van der Waals surface area contributed by atoms with Crippen LogP contribution in [0.25, 0.3) is 0 Å². The number of hydrogen-bond acceptors (Lipinski definition) is 3. The Labute approximate surface area is 116 Å². The van der Waals surface area contributed by atoms with E-state index in [0.29, 0.717) is 13.1 Å². The number of hydrogen-bond donors (Lipinski definition) is 1. The van der Waals surface area contributed by atoms with Gasteiger partial charge in [0.15, 0.2) is 6.61 Å². The summed E-state index contributed by atoms with van der Waals surface area (Å²) in [7, 11) is 1.76. The summed E-state index contributed by atoms with van der Waals surface area (Å²) >= 11 is 3.41. The highest BCUT2D eigenvalue weighted by Crippen LogP contribution is 2.23. The van der Waals surface area contributed by atoms with Crippen LogP contribution in [0.5, 0.6) is 5.75 Å². The average molecular weight is 315 g/mol. The number of nitrogens with two attached hydrogens (primary N) is 1. The molecule has 0 aromatic heterocycles. The van der Waals surface area contributed by atoms with E-state index >= 15 is 0 Å². The van der Waals surface area contributed by atoms with E-state index in [2.05, 4.69) is 15.9 Å². The average Bonchev–Trinajstić information content (AvgIpc) is 2.37. The standard InChI is InChI=1S/C13H19BrN2O2/c1-3-16(2)13(17)9-18-12-5-4-11(14)8-10(12)6-7-15/h4-5,8H,3,6-7,9,15H2,1-2H3. The molecule has 18 heavy (non-hydrogen) atoms. The summed E-state index contributed by atoms with van der Waals surface area (Å²) in [5.41, 5.74) is 6.57. The van der Waals surface area contributed by atoms with Crippen molar-refractivity contribution < 1.29 is 9.53 Å². The minimum Gasteiger partial charge on any atom is -0.483 e. The molecular weight excluding hydrogens is 296 g/mol. The Morgan fingerprint density at radius 2 is 2.22 bits per heavy atom. The summed E-state index contributed by atoms with van der Waals surface area (Å²) in [5.74, 6) is 0.695. The first-order chi connectivity index (χ1) is 8.58. The van der Waals surface area contributed by atoms with Crippen LogP contribution in [0.3, 0.4) is 0 Å². The van der Waals surface area contributed by atoms with E-state index in [1.807, 2.05) is 25.1 Å². The van der Waals surface area contributed by atoms with Crippen LogP contribution >= 0.6 is 15.9 Å². The van der Waals surface area contributed by atoms with Gasteiger partial charge in [0.05, 0.1) is 0 Å². The van der Waals surface area contributed by atoms with Gasteiger partial charge in [-0.2, -0.15) is 0 Å². The zero-order valence-electron chi connectivity index (χ0n) is 10.8. The van der Waals surface area contributed by atoms with Gasteiger partial charge >= 0.3 is 0 Å². The van der Waals surface area contributed by atoms with Crippen molar-refractivity contribution in [1.29, 1.82) is 0 Å². The van der Waals surface area contributed by atoms with Crippen LogP contribution in [0.4, 0.5) is 0 Å². The Morgan fingerprint density at radius 3 is 2.83 bits per heavy atom. The molecule has 0 aliphatic rings. The molecular formula is C13H19BrN2O2. The zero-order valence-corrected chi connectivity index (χ0v) is 12.4. The molecule has 1 rings (SSSR count). The highest BCUT2D eigenvalue weighted by Gasteiger charge is 2.09. The number of nitrogens with zero attached hydrogens (tertiary/aromatic N) is 1. The van der Waals surface area contributed by atoms with Crippen LogP contribution in [0.2, 0.25) is 0 Å². The molecule has 1 amide bonds. The quantitative estimate of drug-likeness (QED) is 0.871. The highest BCUT2D eigenvalue weighted by atomic mass is 79.9. The fourth-order valence-corrected chi connectivity index (χ4v) is 1.87. The highest BCUT2D eigenvalue weighted by molar-refractivity contribution is 9.10. The van der Waals surface area contributed by atoms with Crippen molar-refractivity contribution in [3.05, 3.63) is 28.2 Å². The molecule has 0 aliphatic carbocycles. The predicted molar refractivity (Wildman–Crippen MR) is 75.7 cm³/mol. The van der Waals surface area contributed by atoms with Gasteiger partial charge in [0.2, 0.25) is 0 Å². The number of benzene rings is 1. The molecule has 0 atom stereocenters. The lowest BCUT2D eigenvalue weighted by molar-refractivity contribution is -0.131. The first-order valence-corrected chi connectivity index (χ1v) is 6.73. The van der Waals surface area contributed by atoms with Crippen molar-refractivity contribution in [2.75, 3.05) is 26.7 Å². The molecule has 5 heteroatoms. The van der Waals surface area contributed by atoms with Gasteiger partial charge in [-0.1, -0.05) is 15.9 Å². The van der Waals surface area contributed by atoms with Crippen LogP contribution in [-0.2, 0) is 11.2 Å². The van der Waals surface area contributed by atoms with Crippen molar-refractivity contribution in [3.8, 4) is 5.75 Å². The van der Waals surface area contributed by atoms with E-state index in [0.717, 1.165) is 22.2 Å². The van der Waals surface area contributed by atoms with Crippen molar-refractivity contribution in [1.82, 2.24) is 4.90 Å². The molecule has 0 saturated carbocycles. The van der Waals surface area contributed by atoms with Gasteiger partial charge < -0.3 is 15.4 Å². The summed E-state index contributed by atoms with van der Waals surface area (Å²) in [6.07, 6.45) is 0.729. The number of ether oxygens (including phenoxy) is 1. The summed E-state index contributed by atoms with van der Waals surface area (Å²) in [5, 5.41) is 0. The van der Waals surface area contributed by atoms with Crippen molar-refractivity contribution in [2.45, 2.75) is 13.3 Å². The summed E-state index contributed by atoms with van der Waals surface area (Å²) < 4.78 is 6.54. The molecule has 1 aromatic carbocycles. The second-order valence-electron chi connectivity index (χ2n) is 3.99. The third-order valence-corrected chi connectivity index (χ3v) is 3.18. The van der Waals surface area contributed by atoms with Crippen LogP contribution in [0.1, 0.15) is 12.5 Å². The van der Waals surface area contributed by atoms with Gasteiger partial charge in [-0.3, -0.25) is 4.79 Å². The third kappa shape index (κ3) is 4.31. The van der Waals surface area contributed by atoms with Crippen LogP contribution in [0, 0.1) is 0 Å². The first-order valence-electron chi connectivity index (χ1n) is 5.93.